The van der Waals surface area contributed by atoms with Crippen LogP contribution in [0, 0.1) is 70.6 Å². The van der Waals surface area contributed by atoms with Gasteiger partial charge in [0.25, 0.3) is 0 Å². The van der Waals surface area contributed by atoms with Crippen LogP contribution in [0.15, 0.2) is 24.3 Å². The van der Waals surface area contributed by atoms with Crippen LogP contribution in [0.3, 0.4) is 0 Å². The average molecular weight is 395 g/mol. The summed E-state index contributed by atoms with van der Waals surface area (Å²) in [6, 6.07) is 0. The van der Waals surface area contributed by atoms with E-state index in [0.29, 0.717) is 5.92 Å². The normalized spacial score (nSPS) is 26.6. The van der Waals surface area contributed by atoms with Gasteiger partial charge in [0.05, 0.1) is 5.41 Å². The van der Waals surface area contributed by atoms with Crippen molar-refractivity contribution >= 4 is 0 Å². The molecule has 1 aromatic rings. The highest BCUT2D eigenvalue weighted by atomic mass is 14.6. The average Bonchev–Trinajstić information content (AvgIpc) is 3.27. The van der Waals surface area contributed by atoms with Crippen LogP contribution in [0.4, 0.5) is 0 Å². The molecule has 3 atom stereocenters. The smallest absolute Gasteiger partial charge is 0.0577 e. The third-order valence-corrected chi connectivity index (χ3v) is 8.12. The van der Waals surface area contributed by atoms with Gasteiger partial charge in [0.1, 0.15) is 0 Å². The van der Waals surface area contributed by atoms with Crippen molar-refractivity contribution in [3.05, 3.63) is 57.7 Å². The molecule has 1 spiro atoms. The van der Waals surface area contributed by atoms with Crippen LogP contribution >= 0.6 is 0 Å². The quantitative estimate of drug-likeness (QED) is 0.483. The highest BCUT2D eigenvalue weighted by Crippen LogP contribution is 2.62. The summed E-state index contributed by atoms with van der Waals surface area (Å²) < 4.78 is 0. The van der Waals surface area contributed by atoms with Gasteiger partial charge in [0.2, 0.25) is 0 Å². The predicted molar refractivity (Wildman–Crippen MR) is 129 cm³/mol. The lowest BCUT2D eigenvalue weighted by Gasteiger charge is -2.30. The van der Waals surface area contributed by atoms with Gasteiger partial charge in [-0.05, 0) is 129 Å². The number of hydrogen-bond acceptors (Lipinski definition) is 0. The van der Waals surface area contributed by atoms with E-state index in [1.807, 2.05) is 0 Å². The van der Waals surface area contributed by atoms with Gasteiger partial charge in [-0.3, -0.25) is 0 Å². The van der Waals surface area contributed by atoms with Crippen molar-refractivity contribution in [2.45, 2.75) is 83.5 Å². The highest BCUT2D eigenvalue weighted by Gasteiger charge is 2.55. The Hall–Kier alpha value is -2.62. The summed E-state index contributed by atoms with van der Waals surface area (Å²) in [6.45, 7) is 17.1. The maximum atomic E-state index is 6.33. The summed E-state index contributed by atoms with van der Waals surface area (Å²) in [5.74, 6) is 9.31. The van der Waals surface area contributed by atoms with E-state index in [9.17, 15) is 0 Å². The summed E-state index contributed by atoms with van der Waals surface area (Å²) in [5, 5.41) is 0. The van der Waals surface area contributed by atoms with Gasteiger partial charge < -0.3 is 0 Å². The Kier molecular flexibility index (Phi) is 5.81. The molecule has 2 aliphatic rings. The Labute approximate surface area is 184 Å². The molecule has 30 heavy (non-hydrogen) atoms. The summed E-state index contributed by atoms with van der Waals surface area (Å²) in [4.78, 5) is 0. The molecule has 0 bridgehead atoms. The first-order valence-corrected chi connectivity index (χ1v) is 11.0. The number of rotatable bonds is 5. The zero-order valence-corrected chi connectivity index (χ0v) is 19.2. The Morgan fingerprint density at radius 3 is 2.10 bits per heavy atom. The molecule has 2 aliphatic carbocycles. The van der Waals surface area contributed by atoms with Crippen LogP contribution < -0.4 is 0 Å². The first kappa shape index (κ1) is 22.1. The molecule has 0 heterocycles. The standard InChI is InChI=1S/C30H34/c1-10-20(4)13-15-29(12-3)19-30(16-14-26(18-30)17-21(5)11-2)28-25(9)23(7)22(6)24(8)27(28)29/h1-3,26H,4-5,13-19H2,6-9H3. The van der Waals surface area contributed by atoms with Gasteiger partial charge in [-0.1, -0.05) is 30.9 Å². The molecule has 1 fully saturated rings. The molecule has 0 heteroatoms. The molecule has 0 radical (unpaired) electrons. The van der Waals surface area contributed by atoms with Crippen LogP contribution in [0.25, 0.3) is 0 Å². The molecular weight excluding hydrogens is 360 g/mol. The first-order valence-electron chi connectivity index (χ1n) is 11.0. The lowest BCUT2D eigenvalue weighted by Crippen LogP contribution is -2.27. The van der Waals surface area contributed by atoms with E-state index in [-0.39, 0.29) is 10.8 Å². The molecule has 0 saturated heterocycles. The van der Waals surface area contributed by atoms with Crippen LogP contribution in [0.2, 0.25) is 0 Å². The van der Waals surface area contributed by atoms with Crippen LogP contribution in [-0.2, 0) is 10.8 Å². The number of benzene rings is 1. The van der Waals surface area contributed by atoms with Crippen molar-refractivity contribution in [3.8, 4) is 37.0 Å². The molecule has 0 aromatic heterocycles. The zero-order valence-electron chi connectivity index (χ0n) is 19.2. The van der Waals surface area contributed by atoms with Gasteiger partial charge in [0.15, 0.2) is 0 Å². The van der Waals surface area contributed by atoms with Crippen molar-refractivity contribution in [1.82, 2.24) is 0 Å². The second kappa shape index (κ2) is 7.90. The fourth-order valence-corrected chi connectivity index (χ4v) is 6.38. The third-order valence-electron chi connectivity index (χ3n) is 8.12. The van der Waals surface area contributed by atoms with Crippen LogP contribution in [0.1, 0.15) is 78.3 Å². The van der Waals surface area contributed by atoms with E-state index in [1.54, 1.807) is 0 Å². The van der Waals surface area contributed by atoms with Gasteiger partial charge in [-0.25, -0.2) is 0 Å². The number of hydrogen-bond donors (Lipinski definition) is 0. The van der Waals surface area contributed by atoms with E-state index in [2.05, 4.69) is 58.6 Å². The van der Waals surface area contributed by atoms with Crippen molar-refractivity contribution in [2.24, 2.45) is 5.92 Å². The van der Waals surface area contributed by atoms with Crippen LogP contribution in [-0.4, -0.2) is 0 Å². The Morgan fingerprint density at radius 1 is 0.933 bits per heavy atom. The van der Waals surface area contributed by atoms with Gasteiger partial charge in [-0.15, -0.1) is 19.3 Å². The number of fused-ring (bicyclic) bond motifs is 2. The van der Waals surface area contributed by atoms with E-state index >= 15 is 0 Å². The van der Waals surface area contributed by atoms with Crippen molar-refractivity contribution in [1.29, 1.82) is 0 Å². The van der Waals surface area contributed by atoms with Gasteiger partial charge >= 0.3 is 0 Å². The molecule has 0 N–H and O–H groups in total. The minimum absolute atomic E-state index is 0.131. The maximum absolute atomic E-state index is 6.33. The molecule has 1 aromatic carbocycles. The van der Waals surface area contributed by atoms with E-state index in [4.69, 9.17) is 19.3 Å². The highest BCUT2D eigenvalue weighted by molar-refractivity contribution is 5.62. The Bertz CT molecular complexity index is 1040. The summed E-state index contributed by atoms with van der Waals surface area (Å²) >= 11 is 0. The summed E-state index contributed by atoms with van der Waals surface area (Å²) in [6.07, 6.45) is 24.6. The van der Waals surface area contributed by atoms with Gasteiger partial charge in [0, 0.05) is 0 Å². The topological polar surface area (TPSA) is 0 Å². The molecule has 0 amide bonds. The second-order valence-electron chi connectivity index (χ2n) is 9.74. The largest absolute Gasteiger partial charge is 0.119 e. The fraction of sp³-hybridized carbons (Fsp3) is 0.467. The third kappa shape index (κ3) is 3.32. The molecule has 1 saturated carbocycles. The van der Waals surface area contributed by atoms with Gasteiger partial charge in [-0.2, -0.15) is 0 Å². The molecule has 3 unspecified atom stereocenters. The maximum Gasteiger partial charge on any atom is 0.0577 e. The summed E-state index contributed by atoms with van der Waals surface area (Å²) in [5.41, 5.74) is 10.1. The van der Waals surface area contributed by atoms with Crippen molar-refractivity contribution in [3.63, 3.8) is 0 Å². The number of allylic oxidation sites excluding steroid dienone is 2. The van der Waals surface area contributed by atoms with E-state index < -0.39 is 0 Å². The summed E-state index contributed by atoms with van der Waals surface area (Å²) in [7, 11) is 0. The number of terminal acetylenes is 3. The molecule has 0 aliphatic heterocycles. The predicted octanol–water partition coefficient (Wildman–Crippen LogP) is 6.78. The van der Waals surface area contributed by atoms with Crippen molar-refractivity contribution in [2.75, 3.05) is 0 Å². The second-order valence-corrected chi connectivity index (χ2v) is 9.74. The zero-order chi connectivity index (χ0) is 22.3. The van der Waals surface area contributed by atoms with E-state index in [1.165, 1.54) is 46.2 Å². The Morgan fingerprint density at radius 2 is 1.53 bits per heavy atom. The fourth-order valence-electron chi connectivity index (χ4n) is 6.38. The SMILES string of the molecule is C#CC(=C)CCC1(C#C)CC2(CCC(CC(=C)C#C)C2)c2c(C)c(C)c(C)c(C)c21. The lowest BCUT2D eigenvalue weighted by molar-refractivity contribution is 0.345. The minimum Gasteiger partial charge on any atom is -0.119 e. The van der Waals surface area contributed by atoms with Crippen molar-refractivity contribution < 1.29 is 0 Å². The van der Waals surface area contributed by atoms with Crippen LogP contribution in [0.5, 0.6) is 0 Å². The lowest BCUT2D eigenvalue weighted by atomic mass is 9.72. The molecule has 154 valence electrons. The van der Waals surface area contributed by atoms with E-state index in [0.717, 1.165) is 43.3 Å². The minimum atomic E-state index is -0.277. The monoisotopic (exact) mass is 394 g/mol. The molecular formula is C30H34. The molecule has 3 rings (SSSR count). The molecule has 0 nitrogen and oxygen atoms in total. The first-order chi connectivity index (χ1) is 14.1. The Balaban J connectivity index is 2.16.